The maximum atomic E-state index is 13.1. The highest BCUT2D eigenvalue weighted by atomic mass is 32.1. The molecule has 2 atom stereocenters. The number of carbonyl (C=O) groups excluding carboxylic acids is 2. The van der Waals surface area contributed by atoms with Crippen LogP contribution in [0.2, 0.25) is 0 Å². The molecule has 0 spiro atoms. The molecule has 1 aliphatic heterocycles. The Balaban J connectivity index is 1.51. The maximum Gasteiger partial charge on any atom is 0.280 e. The van der Waals surface area contributed by atoms with E-state index in [9.17, 15) is 9.59 Å². The molecule has 5 nitrogen and oxygen atoms in total. The first-order valence-electron chi connectivity index (χ1n) is 10.7. The van der Waals surface area contributed by atoms with Crippen LogP contribution in [0.4, 0.5) is 10.7 Å². The van der Waals surface area contributed by atoms with E-state index in [1.807, 2.05) is 31.2 Å². The number of rotatable bonds is 5. The smallest absolute Gasteiger partial charge is 0.280 e. The molecule has 1 aliphatic carbocycles. The number of thiophene rings is 1. The molecule has 6 heteroatoms. The Morgan fingerprint density at radius 2 is 2.03 bits per heavy atom. The van der Waals surface area contributed by atoms with Crippen molar-refractivity contribution in [3.05, 3.63) is 45.8 Å². The van der Waals surface area contributed by atoms with Gasteiger partial charge in [-0.1, -0.05) is 12.1 Å². The molecule has 1 saturated heterocycles. The van der Waals surface area contributed by atoms with Gasteiger partial charge < -0.3 is 15.5 Å². The second-order valence-electron chi connectivity index (χ2n) is 8.42. The molecule has 2 aromatic rings. The summed E-state index contributed by atoms with van der Waals surface area (Å²) in [6.45, 7) is 5.76. The van der Waals surface area contributed by atoms with Crippen LogP contribution in [0.25, 0.3) is 0 Å². The fourth-order valence-electron chi connectivity index (χ4n) is 4.54. The fraction of sp³-hybridized carbons (Fsp3) is 0.478. The van der Waals surface area contributed by atoms with Crippen LogP contribution in [0.1, 0.15) is 59.0 Å². The van der Waals surface area contributed by atoms with E-state index in [1.54, 1.807) is 11.3 Å². The summed E-state index contributed by atoms with van der Waals surface area (Å²) >= 11 is 1.58. The highest BCUT2D eigenvalue weighted by Gasteiger charge is 2.29. The topological polar surface area (TPSA) is 62.6 Å². The first-order chi connectivity index (χ1) is 14.0. The zero-order valence-corrected chi connectivity index (χ0v) is 18.1. The van der Waals surface area contributed by atoms with Crippen LogP contribution in [0.3, 0.4) is 0 Å². The van der Waals surface area contributed by atoms with Crippen molar-refractivity contribution in [1.29, 1.82) is 0 Å². The van der Waals surface area contributed by atoms with Gasteiger partial charge in [-0.25, -0.2) is 0 Å². The van der Waals surface area contributed by atoms with E-state index in [-0.39, 0.29) is 11.8 Å². The van der Waals surface area contributed by atoms with Crippen LogP contribution in [0.15, 0.2) is 24.3 Å². The fourth-order valence-corrected chi connectivity index (χ4v) is 5.84. The van der Waals surface area contributed by atoms with Crippen molar-refractivity contribution in [2.24, 2.45) is 0 Å². The lowest BCUT2D eigenvalue weighted by Gasteiger charge is -2.29. The maximum absolute atomic E-state index is 13.1. The molecule has 29 heavy (non-hydrogen) atoms. The lowest BCUT2D eigenvalue weighted by Crippen LogP contribution is -3.17. The van der Waals surface area contributed by atoms with Gasteiger partial charge in [-0.3, -0.25) is 9.59 Å². The summed E-state index contributed by atoms with van der Waals surface area (Å²) in [7, 11) is 0. The van der Waals surface area contributed by atoms with Gasteiger partial charge in [-0.2, -0.15) is 0 Å². The Labute approximate surface area is 176 Å². The molecule has 2 aliphatic rings. The number of quaternary nitrogens is 1. The Morgan fingerprint density at radius 3 is 2.83 bits per heavy atom. The number of hydrogen-bond acceptors (Lipinski definition) is 3. The summed E-state index contributed by atoms with van der Waals surface area (Å²) in [5.74, 6) is -0.109. The molecule has 4 rings (SSSR count). The average molecular weight is 413 g/mol. The summed E-state index contributed by atoms with van der Waals surface area (Å²) in [4.78, 5) is 28.5. The van der Waals surface area contributed by atoms with E-state index in [4.69, 9.17) is 0 Å². The first-order valence-corrected chi connectivity index (χ1v) is 11.5. The third kappa shape index (κ3) is 4.54. The number of likely N-dealkylation sites (tertiary alicyclic amines) is 1. The molecular formula is C23H30N3O2S+. The number of hydrogen-bond donors (Lipinski definition) is 3. The Kier molecular flexibility index (Phi) is 6.01. The molecular weight excluding hydrogens is 382 g/mol. The molecule has 2 heterocycles. The van der Waals surface area contributed by atoms with Crippen LogP contribution in [0.5, 0.6) is 0 Å². The third-order valence-electron chi connectivity index (χ3n) is 6.15. The van der Waals surface area contributed by atoms with Gasteiger partial charge in [0.25, 0.3) is 11.8 Å². The number of piperidine rings is 1. The minimum Gasteiger partial charge on any atom is -0.325 e. The van der Waals surface area contributed by atoms with E-state index < -0.39 is 0 Å². The SMILES string of the molecule is Cc1cccc(NC(=O)c2c(NC(=O)C[NH+]3CCCC[C@H]3C)sc3c2CCC3)c1. The van der Waals surface area contributed by atoms with Gasteiger partial charge in [0.1, 0.15) is 5.00 Å². The first kappa shape index (κ1) is 20.1. The molecule has 0 radical (unpaired) electrons. The van der Waals surface area contributed by atoms with E-state index in [0.29, 0.717) is 23.2 Å². The molecule has 3 N–H and O–H groups in total. The standard InChI is InChI=1S/C23H29N3O2S/c1-15-7-5-9-17(13-15)24-22(28)21-18-10-6-11-19(18)29-23(21)25-20(27)14-26-12-4-3-8-16(26)2/h5,7,9,13,16H,3-4,6,8,10-12,14H2,1-2H3,(H,24,28)(H,25,27)/p+1/t16-/m1/s1. The number of nitrogens with one attached hydrogen (secondary N) is 3. The van der Waals surface area contributed by atoms with Gasteiger partial charge in [-0.05, 0) is 75.6 Å². The lowest BCUT2D eigenvalue weighted by molar-refractivity contribution is -0.920. The van der Waals surface area contributed by atoms with Crippen LogP contribution >= 0.6 is 11.3 Å². The second kappa shape index (κ2) is 8.67. The van der Waals surface area contributed by atoms with Gasteiger partial charge in [0.2, 0.25) is 0 Å². The quantitative estimate of drug-likeness (QED) is 0.706. The summed E-state index contributed by atoms with van der Waals surface area (Å²) in [6, 6.07) is 8.33. The van der Waals surface area contributed by atoms with Crippen LogP contribution in [0, 0.1) is 6.92 Å². The molecule has 0 saturated carbocycles. The zero-order chi connectivity index (χ0) is 20.4. The van der Waals surface area contributed by atoms with Crippen molar-refractivity contribution in [2.45, 2.75) is 58.4 Å². The normalized spacial score (nSPS) is 20.9. The summed E-state index contributed by atoms with van der Waals surface area (Å²) < 4.78 is 0. The van der Waals surface area contributed by atoms with Crippen molar-refractivity contribution in [3.8, 4) is 0 Å². The van der Waals surface area contributed by atoms with Crippen molar-refractivity contribution in [1.82, 2.24) is 0 Å². The van der Waals surface area contributed by atoms with Crippen LogP contribution in [-0.2, 0) is 17.6 Å². The summed E-state index contributed by atoms with van der Waals surface area (Å²) in [5.41, 5.74) is 3.68. The molecule has 2 amide bonds. The van der Waals surface area contributed by atoms with Crippen molar-refractivity contribution < 1.29 is 14.5 Å². The number of fused-ring (bicyclic) bond motifs is 1. The summed E-state index contributed by atoms with van der Waals surface area (Å²) in [5, 5.41) is 6.83. The Hall–Kier alpha value is -2.18. The van der Waals surface area contributed by atoms with E-state index in [1.165, 1.54) is 29.0 Å². The number of carbonyl (C=O) groups is 2. The van der Waals surface area contributed by atoms with Gasteiger partial charge in [0.15, 0.2) is 6.54 Å². The third-order valence-corrected chi connectivity index (χ3v) is 7.35. The van der Waals surface area contributed by atoms with E-state index in [0.717, 1.165) is 42.6 Å². The van der Waals surface area contributed by atoms with Crippen molar-refractivity contribution >= 4 is 33.8 Å². The van der Waals surface area contributed by atoms with Crippen LogP contribution < -0.4 is 15.5 Å². The number of amides is 2. The monoisotopic (exact) mass is 412 g/mol. The van der Waals surface area contributed by atoms with Gasteiger partial charge in [-0.15, -0.1) is 11.3 Å². The Morgan fingerprint density at radius 1 is 1.17 bits per heavy atom. The number of aryl methyl sites for hydroxylation is 2. The lowest BCUT2D eigenvalue weighted by atomic mass is 10.0. The summed E-state index contributed by atoms with van der Waals surface area (Å²) in [6.07, 6.45) is 6.61. The van der Waals surface area contributed by atoms with Crippen molar-refractivity contribution in [3.63, 3.8) is 0 Å². The predicted molar refractivity (Wildman–Crippen MR) is 118 cm³/mol. The molecule has 1 aromatic carbocycles. The van der Waals surface area contributed by atoms with Gasteiger partial charge in [0, 0.05) is 10.6 Å². The molecule has 0 bridgehead atoms. The number of benzene rings is 1. The Bertz CT molecular complexity index is 921. The molecule has 1 aromatic heterocycles. The van der Waals surface area contributed by atoms with Crippen LogP contribution in [-0.4, -0.2) is 30.9 Å². The van der Waals surface area contributed by atoms with E-state index in [2.05, 4.69) is 17.6 Å². The average Bonchev–Trinajstić information content (AvgIpc) is 3.24. The molecule has 1 unspecified atom stereocenters. The molecule has 154 valence electrons. The highest BCUT2D eigenvalue weighted by Crippen LogP contribution is 2.39. The minimum atomic E-state index is -0.121. The minimum absolute atomic E-state index is 0.0123. The zero-order valence-electron chi connectivity index (χ0n) is 17.3. The number of anilines is 2. The van der Waals surface area contributed by atoms with Gasteiger partial charge in [0.05, 0.1) is 18.2 Å². The largest absolute Gasteiger partial charge is 0.325 e. The van der Waals surface area contributed by atoms with Gasteiger partial charge >= 0.3 is 0 Å². The van der Waals surface area contributed by atoms with E-state index >= 15 is 0 Å². The van der Waals surface area contributed by atoms with Crippen molar-refractivity contribution in [2.75, 3.05) is 23.7 Å². The second-order valence-corrected chi connectivity index (χ2v) is 9.52. The molecule has 1 fully saturated rings. The highest BCUT2D eigenvalue weighted by molar-refractivity contribution is 7.17. The predicted octanol–water partition coefficient (Wildman–Crippen LogP) is 3.19.